The molecule has 1 aliphatic heterocycles. The third-order valence-electron chi connectivity index (χ3n) is 4.27. The van der Waals surface area contributed by atoms with Gasteiger partial charge in [-0.05, 0) is 12.0 Å². The maximum atomic E-state index is 12.5. The first-order valence-corrected chi connectivity index (χ1v) is 9.84. The molecular formula is C17H20N4O3S. The van der Waals surface area contributed by atoms with E-state index < -0.39 is 9.84 Å². The summed E-state index contributed by atoms with van der Waals surface area (Å²) in [4.78, 5) is 22.3. The molecule has 1 N–H and O–H groups in total. The molecule has 2 aromatic rings. The van der Waals surface area contributed by atoms with Gasteiger partial charge in [0.1, 0.15) is 0 Å². The molecule has 132 valence electrons. The van der Waals surface area contributed by atoms with Crippen molar-refractivity contribution in [1.82, 2.24) is 14.9 Å². The van der Waals surface area contributed by atoms with Gasteiger partial charge in [0.2, 0.25) is 5.95 Å². The van der Waals surface area contributed by atoms with Crippen molar-refractivity contribution in [2.75, 3.05) is 23.9 Å². The topological polar surface area (TPSA) is 92.3 Å². The predicted molar refractivity (Wildman–Crippen MR) is 95.0 cm³/mol. The molecule has 0 aliphatic carbocycles. The third kappa shape index (κ3) is 4.33. The molecule has 7 nitrogen and oxygen atoms in total. The van der Waals surface area contributed by atoms with Crippen LogP contribution >= 0.6 is 0 Å². The summed E-state index contributed by atoms with van der Waals surface area (Å²) in [6.45, 7) is 0.591. The van der Waals surface area contributed by atoms with Gasteiger partial charge < -0.3 is 10.2 Å². The molecule has 25 heavy (non-hydrogen) atoms. The molecule has 1 aromatic heterocycles. The van der Waals surface area contributed by atoms with Gasteiger partial charge in [-0.25, -0.2) is 18.4 Å². The van der Waals surface area contributed by atoms with E-state index in [0.29, 0.717) is 24.5 Å². The minimum atomic E-state index is -3.03. The number of benzene rings is 1. The van der Waals surface area contributed by atoms with Gasteiger partial charge in [0, 0.05) is 32.0 Å². The number of hydrogen-bond donors (Lipinski definition) is 1. The molecule has 1 amide bonds. The van der Waals surface area contributed by atoms with Crippen LogP contribution in [0.3, 0.4) is 0 Å². The average molecular weight is 360 g/mol. The number of carbonyl (C=O) groups is 1. The number of amides is 1. The van der Waals surface area contributed by atoms with Crippen LogP contribution < -0.4 is 5.32 Å². The van der Waals surface area contributed by atoms with Crippen molar-refractivity contribution in [3.05, 3.63) is 53.9 Å². The van der Waals surface area contributed by atoms with Crippen molar-refractivity contribution in [1.29, 1.82) is 0 Å². The van der Waals surface area contributed by atoms with E-state index in [0.717, 1.165) is 5.56 Å². The number of sulfone groups is 1. The van der Waals surface area contributed by atoms with E-state index in [9.17, 15) is 13.2 Å². The van der Waals surface area contributed by atoms with Crippen LogP contribution in [0.25, 0.3) is 0 Å². The summed E-state index contributed by atoms with van der Waals surface area (Å²) >= 11 is 0. The first-order chi connectivity index (χ1) is 11.9. The lowest BCUT2D eigenvalue weighted by Gasteiger charge is -2.23. The third-order valence-corrected chi connectivity index (χ3v) is 6.02. The lowest BCUT2D eigenvalue weighted by molar-refractivity contribution is 0.0747. The summed E-state index contributed by atoms with van der Waals surface area (Å²) in [6.07, 6.45) is 3.40. The van der Waals surface area contributed by atoms with Crippen LogP contribution in [-0.4, -0.2) is 53.8 Å². The van der Waals surface area contributed by atoms with E-state index in [2.05, 4.69) is 15.3 Å². The molecule has 2 heterocycles. The van der Waals surface area contributed by atoms with Crippen molar-refractivity contribution in [3.63, 3.8) is 0 Å². The van der Waals surface area contributed by atoms with Crippen LogP contribution in [0.2, 0.25) is 0 Å². The van der Waals surface area contributed by atoms with E-state index in [1.165, 1.54) is 17.3 Å². The lowest BCUT2D eigenvalue weighted by atomic mass is 10.2. The zero-order valence-electron chi connectivity index (χ0n) is 13.9. The fourth-order valence-electron chi connectivity index (χ4n) is 2.76. The SMILES string of the molecule is CN(C(=O)c1cnc(NCc2ccccc2)nc1)C1CCS(=O)(=O)C1. The van der Waals surface area contributed by atoms with Gasteiger partial charge in [0.05, 0.1) is 17.1 Å². The maximum Gasteiger partial charge on any atom is 0.257 e. The van der Waals surface area contributed by atoms with E-state index in [-0.39, 0.29) is 23.5 Å². The van der Waals surface area contributed by atoms with Crippen molar-refractivity contribution in [2.24, 2.45) is 0 Å². The van der Waals surface area contributed by atoms with Gasteiger partial charge in [-0.1, -0.05) is 30.3 Å². The first kappa shape index (κ1) is 17.3. The van der Waals surface area contributed by atoms with Crippen molar-refractivity contribution < 1.29 is 13.2 Å². The molecule has 1 unspecified atom stereocenters. The summed E-state index contributed by atoms with van der Waals surface area (Å²) in [6, 6.07) is 9.57. The minimum Gasteiger partial charge on any atom is -0.350 e. The molecule has 0 saturated carbocycles. The fourth-order valence-corrected chi connectivity index (χ4v) is 4.53. The van der Waals surface area contributed by atoms with Crippen LogP contribution in [0.15, 0.2) is 42.7 Å². The molecule has 0 bridgehead atoms. The molecule has 8 heteroatoms. The Morgan fingerprint density at radius 3 is 2.52 bits per heavy atom. The Morgan fingerprint density at radius 1 is 1.24 bits per heavy atom. The molecular weight excluding hydrogens is 340 g/mol. The molecule has 1 aromatic carbocycles. The van der Waals surface area contributed by atoms with E-state index in [1.54, 1.807) is 7.05 Å². The number of nitrogens with one attached hydrogen (secondary N) is 1. The molecule has 3 rings (SSSR count). The highest BCUT2D eigenvalue weighted by Gasteiger charge is 2.33. The summed E-state index contributed by atoms with van der Waals surface area (Å²) < 4.78 is 23.1. The standard InChI is InChI=1S/C17H20N4O3S/c1-21(15-7-8-25(23,24)12-15)16(22)14-10-19-17(20-11-14)18-9-13-5-3-2-4-6-13/h2-6,10-11,15H,7-9,12H2,1H3,(H,18,19,20). The van der Waals surface area contributed by atoms with Gasteiger partial charge >= 0.3 is 0 Å². The van der Waals surface area contributed by atoms with Crippen LogP contribution in [0.4, 0.5) is 5.95 Å². The highest BCUT2D eigenvalue weighted by molar-refractivity contribution is 7.91. The number of aromatic nitrogens is 2. The van der Waals surface area contributed by atoms with E-state index >= 15 is 0 Å². The van der Waals surface area contributed by atoms with Crippen LogP contribution in [0, 0.1) is 0 Å². The summed E-state index contributed by atoms with van der Waals surface area (Å²) in [7, 11) is -1.41. The number of nitrogens with zero attached hydrogens (tertiary/aromatic N) is 3. The zero-order chi connectivity index (χ0) is 17.9. The predicted octanol–water partition coefficient (Wildman–Crippen LogP) is 1.35. The Bertz CT molecular complexity index is 838. The zero-order valence-corrected chi connectivity index (χ0v) is 14.7. The molecule has 1 fully saturated rings. The molecule has 1 aliphatic rings. The summed E-state index contributed by atoms with van der Waals surface area (Å²) in [5, 5.41) is 3.10. The Kier molecular flexibility index (Phi) is 4.98. The molecule has 0 radical (unpaired) electrons. The summed E-state index contributed by atoms with van der Waals surface area (Å²) in [5.74, 6) is 0.323. The Balaban J connectivity index is 1.60. The van der Waals surface area contributed by atoms with Crippen LogP contribution in [0.5, 0.6) is 0 Å². The van der Waals surface area contributed by atoms with Crippen molar-refractivity contribution in [3.8, 4) is 0 Å². The van der Waals surface area contributed by atoms with Crippen molar-refractivity contribution >= 4 is 21.7 Å². The van der Waals surface area contributed by atoms with Crippen LogP contribution in [-0.2, 0) is 16.4 Å². The quantitative estimate of drug-likeness (QED) is 0.865. The highest BCUT2D eigenvalue weighted by atomic mass is 32.2. The van der Waals surface area contributed by atoms with Gasteiger partial charge in [-0.2, -0.15) is 0 Å². The van der Waals surface area contributed by atoms with Gasteiger partial charge in [-0.15, -0.1) is 0 Å². The fraction of sp³-hybridized carbons (Fsp3) is 0.353. The average Bonchev–Trinajstić information content (AvgIpc) is 3.00. The Morgan fingerprint density at radius 2 is 1.92 bits per heavy atom. The second-order valence-electron chi connectivity index (χ2n) is 6.11. The Labute approximate surface area is 147 Å². The highest BCUT2D eigenvalue weighted by Crippen LogP contribution is 2.18. The van der Waals surface area contributed by atoms with E-state index in [4.69, 9.17) is 0 Å². The number of anilines is 1. The summed E-state index contributed by atoms with van der Waals surface area (Å²) in [5.41, 5.74) is 1.45. The van der Waals surface area contributed by atoms with Crippen LogP contribution in [0.1, 0.15) is 22.3 Å². The smallest absolute Gasteiger partial charge is 0.257 e. The Hall–Kier alpha value is -2.48. The van der Waals surface area contributed by atoms with Gasteiger partial charge in [0.25, 0.3) is 5.91 Å². The van der Waals surface area contributed by atoms with Gasteiger partial charge in [0.15, 0.2) is 9.84 Å². The van der Waals surface area contributed by atoms with Gasteiger partial charge in [-0.3, -0.25) is 4.79 Å². The molecule has 0 spiro atoms. The monoisotopic (exact) mass is 360 g/mol. The number of rotatable bonds is 5. The minimum absolute atomic E-state index is 0.0206. The second kappa shape index (κ2) is 7.18. The molecule has 1 atom stereocenters. The van der Waals surface area contributed by atoms with Crippen molar-refractivity contribution in [2.45, 2.75) is 19.0 Å². The first-order valence-electron chi connectivity index (χ1n) is 8.02. The maximum absolute atomic E-state index is 12.5. The van der Waals surface area contributed by atoms with E-state index in [1.807, 2.05) is 30.3 Å². The lowest BCUT2D eigenvalue weighted by Crippen LogP contribution is -2.37. The second-order valence-corrected chi connectivity index (χ2v) is 8.34. The largest absolute Gasteiger partial charge is 0.350 e. The number of hydrogen-bond acceptors (Lipinski definition) is 6. The normalized spacial score (nSPS) is 18.7. The molecule has 1 saturated heterocycles. The number of carbonyl (C=O) groups excluding carboxylic acids is 1.